The SMILES string of the molecule is COC(=O)[C@@H]1C[C@H]2CCCC[C@H]2N1C(=O)c1cc(C)nc2ccccc12. The molecule has 1 aliphatic carbocycles. The molecular formula is C21H24N2O3. The zero-order chi connectivity index (χ0) is 18.3. The summed E-state index contributed by atoms with van der Waals surface area (Å²) >= 11 is 0. The van der Waals surface area contributed by atoms with Gasteiger partial charge in [0.25, 0.3) is 5.91 Å². The van der Waals surface area contributed by atoms with Crippen molar-refractivity contribution in [2.45, 2.75) is 51.1 Å². The highest BCUT2D eigenvalue weighted by Gasteiger charge is 2.48. The van der Waals surface area contributed by atoms with Gasteiger partial charge >= 0.3 is 5.97 Å². The van der Waals surface area contributed by atoms with Crippen LogP contribution in [0.25, 0.3) is 10.9 Å². The van der Waals surface area contributed by atoms with Crippen molar-refractivity contribution in [1.29, 1.82) is 0 Å². The smallest absolute Gasteiger partial charge is 0.328 e. The first-order valence-corrected chi connectivity index (χ1v) is 9.37. The quantitative estimate of drug-likeness (QED) is 0.776. The first kappa shape index (κ1) is 17.0. The van der Waals surface area contributed by atoms with Gasteiger partial charge in [-0.3, -0.25) is 9.78 Å². The van der Waals surface area contributed by atoms with Gasteiger partial charge in [-0.25, -0.2) is 4.79 Å². The lowest BCUT2D eigenvalue weighted by Crippen LogP contribution is -2.46. The predicted octanol–water partition coefficient (Wildman–Crippen LogP) is 3.49. The minimum atomic E-state index is -0.479. The van der Waals surface area contributed by atoms with Gasteiger partial charge in [0.05, 0.1) is 18.2 Å². The molecule has 4 rings (SSSR count). The van der Waals surface area contributed by atoms with Crippen LogP contribution in [-0.2, 0) is 9.53 Å². The molecule has 0 bridgehead atoms. The maximum absolute atomic E-state index is 13.6. The molecule has 0 N–H and O–H groups in total. The maximum Gasteiger partial charge on any atom is 0.328 e. The number of aromatic nitrogens is 1. The highest BCUT2D eigenvalue weighted by atomic mass is 16.5. The highest BCUT2D eigenvalue weighted by Crippen LogP contribution is 2.41. The Kier molecular flexibility index (Phi) is 4.39. The van der Waals surface area contributed by atoms with Crippen LogP contribution >= 0.6 is 0 Å². The van der Waals surface area contributed by atoms with Crippen LogP contribution in [0.15, 0.2) is 30.3 Å². The third-order valence-corrected chi connectivity index (χ3v) is 5.87. The lowest BCUT2D eigenvalue weighted by Gasteiger charge is -2.33. The number of methoxy groups -OCH3 is 1. The van der Waals surface area contributed by atoms with Crippen molar-refractivity contribution in [3.05, 3.63) is 41.6 Å². The van der Waals surface area contributed by atoms with Gasteiger partial charge in [-0.05, 0) is 44.2 Å². The molecular weight excluding hydrogens is 328 g/mol. The second-order valence-corrected chi connectivity index (χ2v) is 7.43. The average Bonchev–Trinajstić information content (AvgIpc) is 3.05. The van der Waals surface area contributed by atoms with Gasteiger partial charge in [-0.15, -0.1) is 0 Å². The van der Waals surface area contributed by atoms with Crippen molar-refractivity contribution < 1.29 is 14.3 Å². The molecule has 26 heavy (non-hydrogen) atoms. The Labute approximate surface area is 153 Å². The number of nitrogens with zero attached hydrogens (tertiary/aromatic N) is 2. The fraction of sp³-hybridized carbons (Fsp3) is 0.476. The van der Waals surface area contributed by atoms with Crippen molar-refractivity contribution in [2.75, 3.05) is 7.11 Å². The summed E-state index contributed by atoms with van der Waals surface area (Å²) < 4.78 is 5.02. The van der Waals surface area contributed by atoms with E-state index in [2.05, 4.69) is 4.98 Å². The molecule has 5 nitrogen and oxygen atoms in total. The van der Waals surface area contributed by atoms with Crippen LogP contribution < -0.4 is 0 Å². The molecule has 0 unspecified atom stereocenters. The van der Waals surface area contributed by atoms with Gasteiger partial charge in [0, 0.05) is 17.1 Å². The molecule has 1 aromatic carbocycles. The summed E-state index contributed by atoms with van der Waals surface area (Å²) in [6, 6.07) is 9.19. The lowest BCUT2D eigenvalue weighted by molar-refractivity contribution is -0.145. The Hall–Kier alpha value is -2.43. The summed E-state index contributed by atoms with van der Waals surface area (Å²) in [5.41, 5.74) is 2.25. The molecule has 0 radical (unpaired) electrons. The molecule has 1 saturated carbocycles. The molecule has 1 amide bonds. The molecule has 136 valence electrons. The number of hydrogen-bond donors (Lipinski definition) is 0. The van der Waals surface area contributed by atoms with Crippen molar-refractivity contribution in [1.82, 2.24) is 9.88 Å². The fourth-order valence-electron chi connectivity index (χ4n) is 4.72. The minimum Gasteiger partial charge on any atom is -0.467 e. The van der Waals surface area contributed by atoms with Gasteiger partial charge in [-0.1, -0.05) is 31.0 Å². The number of esters is 1. The van der Waals surface area contributed by atoms with Gasteiger partial charge in [-0.2, -0.15) is 0 Å². The van der Waals surface area contributed by atoms with E-state index in [0.717, 1.165) is 35.9 Å². The number of rotatable bonds is 2. The standard InChI is InChI=1S/C21H24N2O3/c1-13-11-16(15-8-4-5-9-17(15)22-13)20(24)23-18-10-6-3-7-14(18)12-19(23)21(25)26-2/h4-5,8-9,11,14,18-19H,3,6-7,10,12H2,1-2H3/t14-,18-,19+/m1/s1. The van der Waals surface area contributed by atoms with E-state index in [1.54, 1.807) is 0 Å². The maximum atomic E-state index is 13.6. The Bertz CT molecular complexity index is 863. The van der Waals surface area contributed by atoms with E-state index in [0.29, 0.717) is 17.9 Å². The van der Waals surface area contributed by atoms with Crippen molar-refractivity contribution in [2.24, 2.45) is 5.92 Å². The van der Waals surface area contributed by atoms with Crippen LogP contribution in [0.4, 0.5) is 0 Å². The van der Waals surface area contributed by atoms with Crippen molar-refractivity contribution in [3.8, 4) is 0 Å². The molecule has 2 heterocycles. The number of carbonyl (C=O) groups excluding carboxylic acids is 2. The van der Waals surface area contributed by atoms with Crippen LogP contribution in [0, 0.1) is 12.8 Å². The largest absolute Gasteiger partial charge is 0.467 e. The molecule has 2 aromatic rings. The number of carbonyl (C=O) groups is 2. The number of ether oxygens (including phenoxy) is 1. The van der Waals surface area contributed by atoms with Gasteiger partial charge in [0.1, 0.15) is 6.04 Å². The zero-order valence-corrected chi connectivity index (χ0v) is 15.3. The summed E-state index contributed by atoms with van der Waals surface area (Å²) in [5.74, 6) is 0.0188. The number of fused-ring (bicyclic) bond motifs is 2. The second kappa shape index (κ2) is 6.71. The first-order valence-electron chi connectivity index (χ1n) is 9.37. The molecule has 3 atom stereocenters. The van der Waals surface area contributed by atoms with Crippen LogP contribution in [0.2, 0.25) is 0 Å². The van der Waals surface area contributed by atoms with E-state index < -0.39 is 6.04 Å². The van der Waals surface area contributed by atoms with E-state index in [1.165, 1.54) is 13.5 Å². The molecule has 1 aliphatic heterocycles. The molecule has 2 aliphatic rings. The Morgan fingerprint density at radius 1 is 1.19 bits per heavy atom. The summed E-state index contributed by atoms with van der Waals surface area (Å²) in [7, 11) is 1.40. The Morgan fingerprint density at radius 3 is 2.77 bits per heavy atom. The van der Waals surface area contributed by atoms with E-state index in [-0.39, 0.29) is 17.9 Å². The zero-order valence-electron chi connectivity index (χ0n) is 15.3. The van der Waals surface area contributed by atoms with Gasteiger partial charge in [0.2, 0.25) is 0 Å². The number of amides is 1. The van der Waals surface area contributed by atoms with Crippen molar-refractivity contribution in [3.63, 3.8) is 0 Å². The number of pyridine rings is 1. The normalized spacial score (nSPS) is 25.2. The lowest BCUT2D eigenvalue weighted by atomic mass is 9.84. The summed E-state index contributed by atoms with van der Waals surface area (Å²) in [6.07, 6.45) is 5.04. The van der Waals surface area contributed by atoms with Gasteiger partial charge < -0.3 is 9.64 Å². The third-order valence-electron chi connectivity index (χ3n) is 5.87. The molecule has 0 spiro atoms. The average molecular weight is 352 g/mol. The monoisotopic (exact) mass is 352 g/mol. The van der Waals surface area contributed by atoms with E-state index in [1.807, 2.05) is 42.2 Å². The summed E-state index contributed by atoms with van der Waals surface area (Å²) in [4.78, 5) is 32.3. The number of hydrogen-bond acceptors (Lipinski definition) is 4. The fourth-order valence-corrected chi connectivity index (χ4v) is 4.72. The van der Waals surface area contributed by atoms with Crippen LogP contribution in [-0.4, -0.2) is 41.0 Å². The highest BCUT2D eigenvalue weighted by molar-refractivity contribution is 6.07. The molecule has 5 heteroatoms. The van der Waals surface area contributed by atoms with E-state index in [4.69, 9.17) is 4.74 Å². The topological polar surface area (TPSA) is 59.5 Å². The number of aryl methyl sites for hydroxylation is 1. The number of likely N-dealkylation sites (tertiary alicyclic amines) is 1. The Balaban J connectivity index is 1.79. The number of para-hydroxylation sites is 1. The molecule has 1 aromatic heterocycles. The van der Waals surface area contributed by atoms with E-state index >= 15 is 0 Å². The first-order chi connectivity index (χ1) is 12.6. The minimum absolute atomic E-state index is 0.0727. The summed E-state index contributed by atoms with van der Waals surface area (Å²) in [5, 5.41) is 0.839. The van der Waals surface area contributed by atoms with Crippen LogP contribution in [0.3, 0.4) is 0 Å². The molecule has 2 fully saturated rings. The van der Waals surface area contributed by atoms with Crippen LogP contribution in [0.5, 0.6) is 0 Å². The van der Waals surface area contributed by atoms with Gasteiger partial charge in [0.15, 0.2) is 0 Å². The summed E-state index contributed by atoms with van der Waals surface area (Å²) in [6.45, 7) is 1.90. The Morgan fingerprint density at radius 2 is 1.96 bits per heavy atom. The number of benzene rings is 1. The van der Waals surface area contributed by atoms with Crippen molar-refractivity contribution >= 4 is 22.8 Å². The molecule has 1 saturated heterocycles. The van der Waals surface area contributed by atoms with E-state index in [9.17, 15) is 9.59 Å². The second-order valence-electron chi connectivity index (χ2n) is 7.43. The van der Waals surface area contributed by atoms with Crippen LogP contribution in [0.1, 0.15) is 48.2 Å². The third kappa shape index (κ3) is 2.75. The predicted molar refractivity (Wildman–Crippen MR) is 98.8 cm³/mol.